The molecule has 0 amide bonds. The molecule has 2 rings (SSSR count). The summed E-state index contributed by atoms with van der Waals surface area (Å²) in [7, 11) is 1.41. The smallest absolute Gasteiger partial charge is 0.314 e. The molecule has 1 N–H and O–H groups in total. The molecule has 1 unspecified atom stereocenters. The van der Waals surface area contributed by atoms with Crippen LogP contribution in [0.25, 0.3) is 0 Å². The van der Waals surface area contributed by atoms with E-state index in [-0.39, 0.29) is 12.6 Å². The highest BCUT2D eigenvalue weighted by atomic mass is 16.5. The molecule has 1 atom stereocenters. The molecule has 4 nitrogen and oxygen atoms in total. The van der Waals surface area contributed by atoms with Gasteiger partial charge in [-0.2, -0.15) is 0 Å². The van der Waals surface area contributed by atoms with Crippen LogP contribution in [-0.2, 0) is 14.3 Å². The van der Waals surface area contributed by atoms with Gasteiger partial charge in [-0.15, -0.1) is 0 Å². The third-order valence-corrected chi connectivity index (χ3v) is 4.39. The lowest BCUT2D eigenvalue weighted by molar-refractivity contribution is -0.200. The highest BCUT2D eigenvalue weighted by Crippen LogP contribution is 2.49. The maximum absolute atomic E-state index is 12.2. The summed E-state index contributed by atoms with van der Waals surface area (Å²) < 4.78 is 10.4. The Kier molecular flexibility index (Phi) is 3.73. The summed E-state index contributed by atoms with van der Waals surface area (Å²) >= 11 is 0. The first-order valence-corrected chi connectivity index (χ1v) is 6.53. The van der Waals surface area contributed by atoms with Gasteiger partial charge in [0.25, 0.3) is 0 Å². The Morgan fingerprint density at radius 1 is 1.18 bits per heavy atom. The van der Waals surface area contributed by atoms with E-state index in [9.17, 15) is 9.90 Å². The van der Waals surface area contributed by atoms with Gasteiger partial charge >= 0.3 is 5.97 Å². The van der Waals surface area contributed by atoms with Gasteiger partial charge in [0.05, 0.1) is 19.1 Å². The fourth-order valence-electron chi connectivity index (χ4n) is 3.37. The van der Waals surface area contributed by atoms with E-state index in [1.807, 2.05) is 0 Å². The lowest BCUT2D eigenvalue weighted by atomic mass is 9.61. The average Bonchev–Trinajstić information content (AvgIpc) is 2.39. The van der Waals surface area contributed by atoms with E-state index in [0.717, 1.165) is 38.5 Å². The zero-order chi connectivity index (χ0) is 12.4. The first-order valence-electron chi connectivity index (χ1n) is 6.53. The van der Waals surface area contributed by atoms with Gasteiger partial charge in [0.15, 0.2) is 0 Å². The molecule has 0 radical (unpaired) electrons. The molecular weight excluding hydrogens is 220 g/mol. The lowest BCUT2D eigenvalue weighted by Gasteiger charge is -2.48. The topological polar surface area (TPSA) is 55.8 Å². The Balaban J connectivity index is 2.27. The molecule has 2 fully saturated rings. The van der Waals surface area contributed by atoms with E-state index in [0.29, 0.717) is 13.0 Å². The van der Waals surface area contributed by atoms with Crippen molar-refractivity contribution in [3.05, 3.63) is 0 Å². The van der Waals surface area contributed by atoms with Crippen molar-refractivity contribution >= 4 is 5.97 Å². The monoisotopic (exact) mass is 242 g/mol. The van der Waals surface area contributed by atoms with E-state index in [1.165, 1.54) is 7.11 Å². The Bertz CT molecular complexity index is 275. The van der Waals surface area contributed by atoms with Crippen molar-refractivity contribution < 1.29 is 19.4 Å². The molecule has 4 heteroatoms. The third-order valence-electron chi connectivity index (χ3n) is 4.39. The van der Waals surface area contributed by atoms with Gasteiger partial charge in [0.1, 0.15) is 5.60 Å². The van der Waals surface area contributed by atoms with E-state index in [2.05, 4.69) is 0 Å². The van der Waals surface area contributed by atoms with Crippen LogP contribution in [0.3, 0.4) is 0 Å². The number of methoxy groups -OCH3 is 1. The third kappa shape index (κ3) is 2.08. The lowest BCUT2D eigenvalue weighted by Crippen LogP contribution is -2.58. The van der Waals surface area contributed by atoms with Gasteiger partial charge in [-0.1, -0.05) is 19.3 Å². The molecule has 1 heterocycles. The number of hydrogen-bond donors (Lipinski definition) is 1. The maximum atomic E-state index is 12.2. The minimum atomic E-state index is -1.03. The van der Waals surface area contributed by atoms with Crippen molar-refractivity contribution in [3.63, 3.8) is 0 Å². The first kappa shape index (κ1) is 12.8. The number of rotatable bonds is 2. The van der Waals surface area contributed by atoms with Crippen LogP contribution in [0.15, 0.2) is 0 Å². The summed E-state index contributed by atoms with van der Waals surface area (Å²) in [5.41, 5.74) is -1.76. The fourth-order valence-corrected chi connectivity index (χ4v) is 3.37. The molecule has 0 spiro atoms. The summed E-state index contributed by atoms with van der Waals surface area (Å²) in [4.78, 5) is 12.2. The Hall–Kier alpha value is -0.610. The van der Waals surface area contributed by atoms with Crippen LogP contribution in [0, 0.1) is 5.41 Å². The van der Waals surface area contributed by atoms with Crippen molar-refractivity contribution in [2.75, 3.05) is 20.3 Å². The summed E-state index contributed by atoms with van der Waals surface area (Å²) in [6.45, 7) is 0.946. The Morgan fingerprint density at radius 2 is 1.88 bits per heavy atom. The molecule has 1 aliphatic carbocycles. The second-order valence-corrected chi connectivity index (χ2v) is 5.32. The van der Waals surface area contributed by atoms with Crippen LogP contribution in [0.5, 0.6) is 0 Å². The zero-order valence-corrected chi connectivity index (χ0v) is 10.5. The standard InChI is InChI=1S/C13H22O4/c1-16-11(14)12(6-3-2-4-7-12)13(15)8-5-9-17-10-13/h15H,2-10H2,1H3. The SMILES string of the molecule is COC(=O)C1(C2(O)CCCOC2)CCCCC1. The number of hydrogen-bond acceptors (Lipinski definition) is 4. The van der Waals surface area contributed by atoms with Gasteiger partial charge < -0.3 is 14.6 Å². The molecule has 1 aliphatic heterocycles. The summed E-state index contributed by atoms with van der Waals surface area (Å²) in [6, 6.07) is 0. The van der Waals surface area contributed by atoms with Crippen LogP contribution in [0.4, 0.5) is 0 Å². The van der Waals surface area contributed by atoms with Crippen molar-refractivity contribution in [3.8, 4) is 0 Å². The molecule has 98 valence electrons. The summed E-state index contributed by atoms with van der Waals surface area (Å²) in [6.07, 6.45) is 6.00. The van der Waals surface area contributed by atoms with Gasteiger partial charge in [0, 0.05) is 6.61 Å². The van der Waals surface area contributed by atoms with E-state index in [1.54, 1.807) is 0 Å². The maximum Gasteiger partial charge on any atom is 0.314 e. The van der Waals surface area contributed by atoms with Crippen LogP contribution in [0.1, 0.15) is 44.9 Å². The molecule has 0 aromatic heterocycles. The quantitative estimate of drug-likeness (QED) is 0.748. The van der Waals surface area contributed by atoms with Crippen molar-refractivity contribution in [2.45, 2.75) is 50.5 Å². The summed E-state index contributed by atoms with van der Waals surface area (Å²) in [5.74, 6) is -0.259. The molecule has 17 heavy (non-hydrogen) atoms. The second kappa shape index (κ2) is 4.94. The molecule has 1 saturated carbocycles. The minimum Gasteiger partial charge on any atom is -0.469 e. The predicted octanol–water partition coefficient (Wildman–Crippen LogP) is 1.65. The van der Waals surface area contributed by atoms with Crippen molar-refractivity contribution in [1.29, 1.82) is 0 Å². The minimum absolute atomic E-state index is 0.259. The van der Waals surface area contributed by atoms with E-state index >= 15 is 0 Å². The fraction of sp³-hybridized carbons (Fsp3) is 0.923. The Morgan fingerprint density at radius 3 is 2.41 bits per heavy atom. The van der Waals surface area contributed by atoms with Crippen molar-refractivity contribution in [2.24, 2.45) is 5.41 Å². The molecule has 0 bridgehead atoms. The number of esters is 1. The highest BCUT2D eigenvalue weighted by molar-refractivity contribution is 5.78. The summed E-state index contributed by atoms with van der Waals surface area (Å²) in [5, 5.41) is 10.8. The first-order chi connectivity index (χ1) is 8.15. The number of aliphatic hydroxyl groups is 1. The molecule has 2 aliphatic rings. The van der Waals surface area contributed by atoms with E-state index < -0.39 is 11.0 Å². The highest BCUT2D eigenvalue weighted by Gasteiger charge is 2.57. The van der Waals surface area contributed by atoms with Crippen LogP contribution < -0.4 is 0 Å². The van der Waals surface area contributed by atoms with Gasteiger partial charge in [-0.05, 0) is 25.7 Å². The predicted molar refractivity (Wildman–Crippen MR) is 62.5 cm³/mol. The largest absolute Gasteiger partial charge is 0.469 e. The average molecular weight is 242 g/mol. The zero-order valence-electron chi connectivity index (χ0n) is 10.5. The van der Waals surface area contributed by atoms with Gasteiger partial charge in [-0.25, -0.2) is 0 Å². The van der Waals surface area contributed by atoms with Crippen LogP contribution in [-0.4, -0.2) is 37.0 Å². The molecule has 1 saturated heterocycles. The number of ether oxygens (including phenoxy) is 2. The van der Waals surface area contributed by atoms with Crippen LogP contribution >= 0.6 is 0 Å². The molecule has 0 aromatic carbocycles. The van der Waals surface area contributed by atoms with E-state index in [4.69, 9.17) is 9.47 Å². The number of carbonyl (C=O) groups is 1. The second-order valence-electron chi connectivity index (χ2n) is 5.32. The number of carbonyl (C=O) groups excluding carboxylic acids is 1. The Labute approximate surface area is 102 Å². The van der Waals surface area contributed by atoms with Crippen molar-refractivity contribution in [1.82, 2.24) is 0 Å². The van der Waals surface area contributed by atoms with Crippen LogP contribution in [0.2, 0.25) is 0 Å². The van der Waals surface area contributed by atoms with Gasteiger partial charge in [0.2, 0.25) is 0 Å². The molecular formula is C13H22O4. The molecule has 0 aromatic rings. The normalized spacial score (nSPS) is 33.1. The van der Waals surface area contributed by atoms with Gasteiger partial charge in [-0.3, -0.25) is 4.79 Å².